The average molecular weight is 110 g/mol. The van der Waals surface area contributed by atoms with Crippen LogP contribution < -0.4 is 0 Å². The molecule has 0 fully saturated rings. The van der Waals surface area contributed by atoms with E-state index in [-0.39, 0.29) is 6.61 Å². The van der Waals surface area contributed by atoms with Gasteiger partial charge in [0.15, 0.2) is 0 Å². The lowest BCUT2D eigenvalue weighted by Crippen LogP contribution is -2.00. The molecule has 0 bridgehead atoms. The van der Waals surface area contributed by atoms with Crippen LogP contribution in [-0.4, -0.2) is 20.4 Å². The van der Waals surface area contributed by atoms with Crippen molar-refractivity contribution in [2.45, 2.75) is 6.32 Å². The fourth-order valence-corrected chi connectivity index (χ4v) is 0.218. The third kappa shape index (κ3) is 3.46. The summed E-state index contributed by atoms with van der Waals surface area (Å²) in [6.07, 6.45) is 1.47. The first-order chi connectivity index (χ1) is 3.81. The van der Waals surface area contributed by atoms with Gasteiger partial charge >= 0.3 is 5.97 Å². The highest BCUT2D eigenvalue weighted by Gasteiger charge is 1.89. The lowest BCUT2D eigenvalue weighted by atomic mass is 10.1. The van der Waals surface area contributed by atoms with Crippen LogP contribution in [0, 0.1) is 0 Å². The minimum absolute atomic E-state index is 0.269. The van der Waals surface area contributed by atoms with Gasteiger partial charge < -0.3 is 4.74 Å². The van der Waals surface area contributed by atoms with Gasteiger partial charge in [-0.3, -0.25) is 0 Å². The summed E-state index contributed by atoms with van der Waals surface area (Å²) in [6, 6.07) is 0. The van der Waals surface area contributed by atoms with Crippen molar-refractivity contribution in [1.29, 1.82) is 0 Å². The second kappa shape index (κ2) is 4.43. The third-order valence-electron chi connectivity index (χ3n) is 0.529. The van der Waals surface area contributed by atoms with Gasteiger partial charge in [-0.2, -0.15) is 0 Å². The van der Waals surface area contributed by atoms with Crippen molar-refractivity contribution in [3.05, 3.63) is 12.7 Å². The van der Waals surface area contributed by atoms with Gasteiger partial charge in [0.1, 0.15) is 0 Å². The van der Waals surface area contributed by atoms with E-state index in [0.29, 0.717) is 6.32 Å². The first-order valence-electron chi connectivity index (χ1n) is 2.30. The molecule has 42 valence electrons. The Bertz CT molecular complexity index is 90.4. The topological polar surface area (TPSA) is 26.3 Å². The molecule has 0 aromatic rings. The second-order valence-electron chi connectivity index (χ2n) is 1.16. The van der Waals surface area contributed by atoms with Gasteiger partial charge in [-0.05, 0) is 0 Å². The fraction of sp³-hybridized carbons (Fsp3) is 0.400. The van der Waals surface area contributed by atoms with Crippen LogP contribution in [0.2, 0.25) is 6.32 Å². The first kappa shape index (κ1) is 7.27. The van der Waals surface area contributed by atoms with Crippen molar-refractivity contribution in [3.8, 4) is 0 Å². The van der Waals surface area contributed by atoms with E-state index < -0.39 is 5.97 Å². The highest BCUT2D eigenvalue weighted by Crippen LogP contribution is 1.79. The maximum atomic E-state index is 10.2. The van der Waals surface area contributed by atoms with Crippen LogP contribution in [0.3, 0.4) is 0 Å². The maximum absolute atomic E-state index is 10.2. The molecule has 2 nitrogen and oxygen atoms in total. The number of esters is 1. The second-order valence-corrected chi connectivity index (χ2v) is 1.16. The molecule has 0 heterocycles. The maximum Gasteiger partial charge on any atom is 0.330 e. The predicted molar refractivity (Wildman–Crippen MR) is 31.7 cm³/mol. The lowest BCUT2D eigenvalue weighted by molar-refractivity contribution is -0.137. The number of hydrogen-bond donors (Lipinski definition) is 0. The summed E-state index contributed by atoms with van der Waals surface area (Å²) < 4.78 is 4.46. The minimum atomic E-state index is -0.421. The van der Waals surface area contributed by atoms with Crippen LogP contribution in [0.5, 0.6) is 0 Å². The third-order valence-corrected chi connectivity index (χ3v) is 0.529. The Hall–Kier alpha value is -0.725. The first-order valence-corrected chi connectivity index (χ1v) is 2.30. The Balaban J connectivity index is 3.11. The fourth-order valence-electron chi connectivity index (χ4n) is 0.218. The van der Waals surface area contributed by atoms with E-state index >= 15 is 0 Å². The largest absolute Gasteiger partial charge is 0.463 e. The lowest BCUT2D eigenvalue weighted by Gasteiger charge is -1.94. The Morgan fingerprint density at radius 2 is 2.50 bits per heavy atom. The van der Waals surface area contributed by atoms with Crippen molar-refractivity contribution in [3.63, 3.8) is 0 Å². The molecule has 0 aromatic carbocycles. The molecular weight excluding hydrogens is 103 g/mol. The summed E-state index contributed by atoms with van der Waals surface area (Å²) in [5.41, 5.74) is 0. The highest BCUT2D eigenvalue weighted by molar-refractivity contribution is 6.08. The summed E-state index contributed by atoms with van der Waals surface area (Å²) in [5, 5.41) is 0. The number of rotatable bonds is 3. The number of hydrogen-bond acceptors (Lipinski definition) is 2. The zero-order valence-corrected chi connectivity index (χ0v) is 4.59. The van der Waals surface area contributed by atoms with E-state index in [2.05, 4.69) is 11.3 Å². The molecule has 2 radical (unpaired) electrons. The van der Waals surface area contributed by atoms with Gasteiger partial charge in [0.25, 0.3) is 0 Å². The standard InChI is InChI=1S/C5H7BO2/c1-2-5(7)8-4-3-6/h2H,1,3-4H2. The molecule has 0 N–H and O–H groups in total. The SMILES string of the molecule is [B]CCOC(=O)C=C. The monoisotopic (exact) mass is 110 g/mol. The molecule has 0 saturated heterocycles. The van der Waals surface area contributed by atoms with Gasteiger partial charge in [-0.25, -0.2) is 4.79 Å². The quantitative estimate of drug-likeness (QED) is 0.296. The minimum Gasteiger partial charge on any atom is -0.463 e. The smallest absolute Gasteiger partial charge is 0.330 e. The molecule has 8 heavy (non-hydrogen) atoms. The summed E-state index contributed by atoms with van der Waals surface area (Å²) in [7, 11) is 5.02. The normalized spacial score (nSPS) is 8.00. The molecule has 0 unspecified atom stereocenters. The summed E-state index contributed by atoms with van der Waals surface area (Å²) in [5.74, 6) is -0.421. The van der Waals surface area contributed by atoms with Crippen LogP contribution in [0.1, 0.15) is 0 Å². The molecule has 0 aliphatic rings. The van der Waals surface area contributed by atoms with Crippen LogP contribution >= 0.6 is 0 Å². The molecule has 0 aromatic heterocycles. The zero-order valence-electron chi connectivity index (χ0n) is 4.59. The number of ether oxygens (including phenoxy) is 1. The van der Waals surface area contributed by atoms with Gasteiger partial charge in [-0.15, -0.1) is 0 Å². The van der Waals surface area contributed by atoms with Crippen molar-refractivity contribution in [2.24, 2.45) is 0 Å². The number of carbonyl (C=O) groups is 1. The molecule has 0 spiro atoms. The summed E-state index contributed by atoms with van der Waals surface area (Å²) >= 11 is 0. The van der Waals surface area contributed by atoms with E-state index in [1.54, 1.807) is 0 Å². The Labute approximate surface area is 49.9 Å². The van der Waals surface area contributed by atoms with Crippen LogP contribution in [-0.2, 0) is 9.53 Å². The van der Waals surface area contributed by atoms with Gasteiger partial charge in [0.2, 0.25) is 0 Å². The van der Waals surface area contributed by atoms with Crippen LogP contribution in [0.4, 0.5) is 0 Å². The van der Waals surface area contributed by atoms with E-state index in [1.165, 1.54) is 0 Å². The van der Waals surface area contributed by atoms with E-state index in [9.17, 15) is 4.79 Å². The van der Waals surface area contributed by atoms with Gasteiger partial charge in [0, 0.05) is 6.08 Å². The summed E-state index contributed by atoms with van der Waals surface area (Å²) in [4.78, 5) is 10.2. The van der Waals surface area contributed by atoms with E-state index in [1.807, 2.05) is 0 Å². The molecule has 0 rings (SSSR count). The Kier molecular flexibility index (Phi) is 4.03. The van der Waals surface area contributed by atoms with Crippen LogP contribution in [0.25, 0.3) is 0 Å². The molecule has 0 saturated carbocycles. The van der Waals surface area contributed by atoms with E-state index in [4.69, 9.17) is 7.85 Å². The molecular formula is C5H7BO2. The molecule has 0 amide bonds. The summed E-state index contributed by atoms with van der Waals surface area (Å²) in [6.45, 7) is 3.47. The zero-order chi connectivity index (χ0) is 6.41. The van der Waals surface area contributed by atoms with Gasteiger partial charge in [-0.1, -0.05) is 12.9 Å². The van der Waals surface area contributed by atoms with Crippen LogP contribution in [0.15, 0.2) is 12.7 Å². The molecule has 0 aliphatic carbocycles. The average Bonchev–Trinajstić information content (AvgIpc) is 1.83. The highest BCUT2D eigenvalue weighted by atomic mass is 16.5. The predicted octanol–water partition coefficient (Wildman–Crippen LogP) is 0.302. The van der Waals surface area contributed by atoms with E-state index in [0.717, 1.165) is 6.08 Å². The Morgan fingerprint density at radius 3 is 2.88 bits per heavy atom. The van der Waals surface area contributed by atoms with Crippen molar-refractivity contribution in [1.82, 2.24) is 0 Å². The van der Waals surface area contributed by atoms with Gasteiger partial charge in [0.05, 0.1) is 14.5 Å². The molecule has 3 heteroatoms. The Morgan fingerprint density at radius 1 is 1.88 bits per heavy atom. The molecule has 0 aliphatic heterocycles. The van der Waals surface area contributed by atoms with Crippen molar-refractivity contribution in [2.75, 3.05) is 6.61 Å². The van der Waals surface area contributed by atoms with Crippen molar-refractivity contribution >= 4 is 13.8 Å². The van der Waals surface area contributed by atoms with Crippen molar-refractivity contribution < 1.29 is 9.53 Å². The molecule has 0 atom stereocenters. The number of carbonyl (C=O) groups excluding carboxylic acids is 1.